The Morgan fingerprint density at radius 1 is 0.972 bits per heavy atom. The average molecular weight is 529 g/mol. The van der Waals surface area contributed by atoms with Crippen LogP contribution >= 0.6 is 23.2 Å². The number of ketones is 1. The van der Waals surface area contributed by atoms with Gasteiger partial charge in [-0.15, -0.1) is 0 Å². The SMILES string of the molecule is CCOC(=O)c1ncn(-c2cc(Cl)cc(Cl)c2)c1C(Cc1ccccc1F)C(=O)c1ccccc1F. The second-order valence-corrected chi connectivity index (χ2v) is 8.76. The minimum atomic E-state index is -1.21. The number of halogens is 4. The molecular formula is C27H20Cl2F2N2O3. The number of carbonyl (C=O) groups excluding carboxylic acids is 2. The van der Waals surface area contributed by atoms with E-state index in [1.54, 1.807) is 25.1 Å². The zero-order chi connectivity index (χ0) is 25.8. The molecule has 4 aromatic rings. The van der Waals surface area contributed by atoms with Gasteiger partial charge in [0.25, 0.3) is 0 Å². The quantitative estimate of drug-likeness (QED) is 0.185. The van der Waals surface area contributed by atoms with Gasteiger partial charge in [0.05, 0.1) is 23.8 Å². The molecule has 0 saturated carbocycles. The van der Waals surface area contributed by atoms with Gasteiger partial charge in [0.1, 0.15) is 18.0 Å². The molecule has 1 atom stereocenters. The Labute approximate surface area is 216 Å². The lowest BCUT2D eigenvalue weighted by Gasteiger charge is -2.21. The summed E-state index contributed by atoms with van der Waals surface area (Å²) in [6, 6.07) is 16.1. The minimum absolute atomic E-state index is 0.0629. The maximum absolute atomic E-state index is 14.7. The number of Topliss-reactive ketones (excluding diaryl/α,β-unsaturated/α-hetero) is 1. The van der Waals surface area contributed by atoms with E-state index in [1.807, 2.05) is 0 Å². The van der Waals surface area contributed by atoms with Gasteiger partial charge in [0.15, 0.2) is 11.5 Å². The minimum Gasteiger partial charge on any atom is -0.461 e. The zero-order valence-corrected chi connectivity index (χ0v) is 20.6. The Bertz CT molecular complexity index is 1420. The molecule has 0 N–H and O–H groups in total. The van der Waals surface area contributed by atoms with E-state index in [1.165, 1.54) is 53.4 Å². The lowest BCUT2D eigenvalue weighted by Crippen LogP contribution is -2.23. The normalized spacial score (nSPS) is 11.8. The molecule has 1 heterocycles. The highest BCUT2D eigenvalue weighted by Gasteiger charge is 2.34. The zero-order valence-electron chi connectivity index (χ0n) is 19.1. The summed E-state index contributed by atoms with van der Waals surface area (Å²) >= 11 is 12.4. The number of carbonyl (C=O) groups is 2. The molecule has 0 spiro atoms. The first kappa shape index (κ1) is 25.5. The van der Waals surface area contributed by atoms with Crippen molar-refractivity contribution in [2.45, 2.75) is 19.3 Å². The summed E-state index contributed by atoms with van der Waals surface area (Å²) in [7, 11) is 0. The summed E-state index contributed by atoms with van der Waals surface area (Å²) in [5.74, 6) is -3.93. The molecule has 184 valence electrons. The fraction of sp³-hybridized carbons (Fsp3) is 0.148. The van der Waals surface area contributed by atoms with Crippen molar-refractivity contribution in [1.29, 1.82) is 0 Å². The Hall–Kier alpha value is -3.55. The van der Waals surface area contributed by atoms with E-state index in [2.05, 4.69) is 4.98 Å². The number of imidazole rings is 1. The first-order valence-corrected chi connectivity index (χ1v) is 11.8. The lowest BCUT2D eigenvalue weighted by molar-refractivity contribution is 0.0518. The van der Waals surface area contributed by atoms with E-state index in [0.717, 1.165) is 6.07 Å². The van der Waals surface area contributed by atoms with Crippen LogP contribution in [0.2, 0.25) is 10.0 Å². The third-order valence-electron chi connectivity index (χ3n) is 5.57. The molecule has 36 heavy (non-hydrogen) atoms. The van der Waals surface area contributed by atoms with Crippen LogP contribution in [-0.2, 0) is 11.2 Å². The number of aromatic nitrogens is 2. The summed E-state index contributed by atoms with van der Waals surface area (Å²) in [5, 5.41) is 0.613. The van der Waals surface area contributed by atoms with Gasteiger partial charge >= 0.3 is 5.97 Å². The van der Waals surface area contributed by atoms with Crippen LogP contribution in [-0.4, -0.2) is 27.9 Å². The van der Waals surface area contributed by atoms with Crippen LogP contribution in [0.4, 0.5) is 8.78 Å². The largest absolute Gasteiger partial charge is 0.461 e. The highest BCUT2D eigenvalue weighted by molar-refractivity contribution is 6.34. The number of rotatable bonds is 8. The van der Waals surface area contributed by atoms with E-state index in [9.17, 15) is 18.4 Å². The number of hydrogen-bond donors (Lipinski definition) is 0. The number of esters is 1. The molecule has 0 aliphatic rings. The third kappa shape index (κ3) is 5.32. The molecule has 4 rings (SSSR count). The number of benzene rings is 3. The van der Waals surface area contributed by atoms with Gasteiger partial charge in [-0.2, -0.15) is 0 Å². The monoisotopic (exact) mass is 528 g/mol. The van der Waals surface area contributed by atoms with Crippen molar-refractivity contribution in [3.8, 4) is 5.69 Å². The molecule has 1 aromatic heterocycles. The van der Waals surface area contributed by atoms with Crippen LogP contribution in [0.15, 0.2) is 73.1 Å². The van der Waals surface area contributed by atoms with Crippen LogP contribution < -0.4 is 0 Å². The van der Waals surface area contributed by atoms with Gasteiger partial charge in [0, 0.05) is 15.7 Å². The second-order valence-electron chi connectivity index (χ2n) is 7.89. The van der Waals surface area contributed by atoms with E-state index >= 15 is 0 Å². The molecule has 0 saturated heterocycles. The predicted octanol–water partition coefficient (Wildman–Crippen LogP) is 6.84. The number of hydrogen-bond acceptors (Lipinski definition) is 4. The fourth-order valence-corrected chi connectivity index (χ4v) is 4.49. The molecule has 0 fully saturated rings. The van der Waals surface area contributed by atoms with Crippen molar-refractivity contribution in [2.24, 2.45) is 0 Å². The standard InChI is InChI=1S/C27H20Cl2F2N2O3/c1-2-36-27(35)24-25(33(15-32-24)19-13-17(28)12-18(29)14-19)21(11-16-7-3-5-9-22(16)30)26(34)20-8-4-6-10-23(20)31/h3-10,12-15,21H,2,11H2,1H3. The molecule has 0 amide bonds. The maximum Gasteiger partial charge on any atom is 0.358 e. The molecule has 0 aliphatic heterocycles. The molecule has 1 unspecified atom stereocenters. The van der Waals surface area contributed by atoms with Gasteiger partial charge in [-0.3, -0.25) is 4.79 Å². The van der Waals surface area contributed by atoms with Crippen molar-refractivity contribution in [3.05, 3.63) is 117 Å². The first-order valence-electron chi connectivity index (χ1n) is 11.0. The lowest BCUT2D eigenvalue weighted by atomic mass is 9.87. The van der Waals surface area contributed by atoms with Gasteiger partial charge < -0.3 is 9.30 Å². The van der Waals surface area contributed by atoms with E-state index in [4.69, 9.17) is 27.9 Å². The van der Waals surface area contributed by atoms with Gasteiger partial charge in [-0.1, -0.05) is 53.5 Å². The molecule has 9 heteroatoms. The summed E-state index contributed by atoms with van der Waals surface area (Å²) < 4.78 is 36.1. The number of nitrogens with zero attached hydrogens (tertiary/aromatic N) is 2. The molecule has 3 aromatic carbocycles. The highest BCUT2D eigenvalue weighted by Crippen LogP contribution is 2.33. The Balaban J connectivity index is 1.97. The third-order valence-corrected chi connectivity index (χ3v) is 6.00. The molecule has 0 aliphatic carbocycles. The van der Waals surface area contributed by atoms with Crippen molar-refractivity contribution >= 4 is 35.0 Å². The molecule has 5 nitrogen and oxygen atoms in total. The van der Waals surface area contributed by atoms with E-state index in [0.29, 0.717) is 15.7 Å². The molecule has 0 radical (unpaired) electrons. The Morgan fingerprint density at radius 3 is 2.25 bits per heavy atom. The summed E-state index contributed by atoms with van der Waals surface area (Å²) in [6.07, 6.45) is 1.15. The van der Waals surface area contributed by atoms with Crippen LogP contribution in [0.25, 0.3) is 5.69 Å². The van der Waals surface area contributed by atoms with Gasteiger partial charge in [-0.05, 0) is 55.3 Å². The number of ether oxygens (including phenoxy) is 1. The van der Waals surface area contributed by atoms with Crippen molar-refractivity contribution in [2.75, 3.05) is 6.61 Å². The molecular weight excluding hydrogens is 509 g/mol. The van der Waals surface area contributed by atoms with Crippen LogP contribution in [0, 0.1) is 11.6 Å². The van der Waals surface area contributed by atoms with Crippen LogP contribution in [0.5, 0.6) is 0 Å². The van der Waals surface area contributed by atoms with Gasteiger partial charge in [-0.25, -0.2) is 18.6 Å². The van der Waals surface area contributed by atoms with Crippen molar-refractivity contribution in [3.63, 3.8) is 0 Å². The van der Waals surface area contributed by atoms with Crippen LogP contribution in [0.3, 0.4) is 0 Å². The van der Waals surface area contributed by atoms with E-state index < -0.39 is 29.3 Å². The predicted molar refractivity (Wildman–Crippen MR) is 133 cm³/mol. The topological polar surface area (TPSA) is 61.2 Å². The highest BCUT2D eigenvalue weighted by atomic mass is 35.5. The van der Waals surface area contributed by atoms with Crippen molar-refractivity contribution in [1.82, 2.24) is 9.55 Å². The Kier molecular flexibility index (Phi) is 7.82. The first-order chi connectivity index (χ1) is 17.3. The maximum atomic E-state index is 14.7. The summed E-state index contributed by atoms with van der Waals surface area (Å²) in [6.45, 7) is 1.69. The summed E-state index contributed by atoms with van der Waals surface area (Å²) in [5.41, 5.74) is 0.358. The average Bonchev–Trinajstić information content (AvgIpc) is 3.28. The van der Waals surface area contributed by atoms with Gasteiger partial charge in [0.2, 0.25) is 0 Å². The smallest absolute Gasteiger partial charge is 0.358 e. The van der Waals surface area contributed by atoms with Crippen molar-refractivity contribution < 1.29 is 23.1 Å². The molecule has 0 bridgehead atoms. The van der Waals surface area contributed by atoms with E-state index in [-0.39, 0.29) is 35.5 Å². The fourth-order valence-electron chi connectivity index (χ4n) is 3.98. The summed E-state index contributed by atoms with van der Waals surface area (Å²) in [4.78, 5) is 30.9. The second kappa shape index (κ2) is 11.0. The van der Waals surface area contributed by atoms with Crippen LogP contribution in [0.1, 0.15) is 44.9 Å². The Morgan fingerprint density at radius 2 is 1.61 bits per heavy atom.